The van der Waals surface area contributed by atoms with Gasteiger partial charge in [-0.15, -0.1) is 0 Å². The van der Waals surface area contributed by atoms with Crippen LogP contribution in [-0.4, -0.2) is 120 Å². The summed E-state index contributed by atoms with van der Waals surface area (Å²) in [4.78, 5) is 21.9. The van der Waals surface area contributed by atoms with Gasteiger partial charge < -0.3 is 19.6 Å². The minimum Gasteiger partial charge on any atom is -0.369 e. The van der Waals surface area contributed by atoms with Crippen molar-refractivity contribution in [1.82, 2.24) is 14.1 Å². The highest BCUT2D eigenvalue weighted by Crippen LogP contribution is 2.43. The Labute approximate surface area is 221 Å². The van der Waals surface area contributed by atoms with Crippen molar-refractivity contribution in [3.8, 4) is 0 Å². The van der Waals surface area contributed by atoms with Gasteiger partial charge in [-0.3, -0.25) is 0 Å². The second-order valence-corrected chi connectivity index (χ2v) is 16.0. The molecule has 0 unspecified atom stereocenters. The number of piperazine rings is 1. The number of urea groups is 1. The fraction of sp³-hybridized carbons (Fsp3) is 0.720. The van der Waals surface area contributed by atoms with E-state index in [9.17, 15) is 21.6 Å². The molecule has 1 aromatic carbocycles. The van der Waals surface area contributed by atoms with E-state index in [4.69, 9.17) is 0 Å². The summed E-state index contributed by atoms with van der Waals surface area (Å²) in [6.45, 7) is 9.40. The number of sulfone groups is 1. The average Bonchev–Trinajstić information content (AvgIpc) is 3.10. The van der Waals surface area contributed by atoms with E-state index in [0.717, 1.165) is 24.3 Å². The number of carbonyl (C=O) groups excluding carboxylic acids is 1. The Hall–Kier alpha value is -2.05. The number of carbonyl (C=O) groups is 1. The monoisotopic (exact) mass is 553 g/mol. The summed E-state index contributed by atoms with van der Waals surface area (Å²) in [5.74, 6) is 0.750. The quantitative estimate of drug-likeness (QED) is 0.554. The molecule has 0 spiro atoms. The molecule has 0 radical (unpaired) electrons. The smallest absolute Gasteiger partial charge is 0.320 e. The van der Waals surface area contributed by atoms with Gasteiger partial charge in [0.25, 0.3) is 0 Å². The van der Waals surface area contributed by atoms with Crippen LogP contribution in [0.5, 0.6) is 0 Å². The first-order valence-corrected chi connectivity index (χ1v) is 16.8. The molecule has 5 saturated heterocycles. The van der Waals surface area contributed by atoms with Gasteiger partial charge in [0, 0.05) is 70.3 Å². The Bertz CT molecular complexity index is 1210. The van der Waals surface area contributed by atoms with E-state index in [-0.39, 0.29) is 29.0 Å². The Balaban J connectivity index is 1.29. The molecule has 10 nitrogen and oxygen atoms in total. The second kappa shape index (κ2) is 9.60. The van der Waals surface area contributed by atoms with Crippen molar-refractivity contribution in [2.75, 3.05) is 86.5 Å². The number of anilines is 2. The Morgan fingerprint density at radius 2 is 1.46 bits per heavy atom. The number of piperidine rings is 1. The maximum absolute atomic E-state index is 13.5. The topological polar surface area (TPSA) is 102 Å². The van der Waals surface area contributed by atoms with Crippen molar-refractivity contribution in [2.45, 2.75) is 26.3 Å². The van der Waals surface area contributed by atoms with E-state index < -0.39 is 19.9 Å². The van der Waals surface area contributed by atoms with Gasteiger partial charge in [0.1, 0.15) is 0 Å². The highest BCUT2D eigenvalue weighted by Gasteiger charge is 2.47. The van der Waals surface area contributed by atoms with Crippen LogP contribution >= 0.6 is 0 Å². The first-order valence-electron chi connectivity index (χ1n) is 13.1. The number of rotatable bonds is 3. The molecule has 1 aromatic rings. The lowest BCUT2D eigenvalue weighted by Gasteiger charge is -2.48. The molecule has 2 bridgehead atoms. The summed E-state index contributed by atoms with van der Waals surface area (Å²) < 4.78 is 48.8. The first kappa shape index (κ1) is 26.6. The van der Waals surface area contributed by atoms with E-state index in [1.165, 1.54) is 10.6 Å². The lowest BCUT2D eigenvalue weighted by Crippen LogP contribution is -2.56. The van der Waals surface area contributed by atoms with Crippen molar-refractivity contribution in [3.63, 3.8) is 0 Å². The number of fused-ring (bicyclic) bond motifs is 4. The van der Waals surface area contributed by atoms with Crippen LogP contribution in [0.2, 0.25) is 0 Å². The molecule has 2 amide bonds. The molecule has 12 heteroatoms. The highest BCUT2D eigenvalue weighted by atomic mass is 32.2. The third-order valence-electron chi connectivity index (χ3n) is 8.56. The Morgan fingerprint density at radius 3 is 2.05 bits per heavy atom. The molecular formula is C25H39N5O5S2. The molecule has 206 valence electrons. The molecule has 0 aliphatic carbocycles. The van der Waals surface area contributed by atoms with Gasteiger partial charge in [-0.05, 0) is 42.0 Å². The van der Waals surface area contributed by atoms with Crippen LogP contribution < -0.4 is 9.80 Å². The molecule has 0 N–H and O–H groups in total. The van der Waals surface area contributed by atoms with Crippen LogP contribution in [0.3, 0.4) is 0 Å². The summed E-state index contributed by atoms with van der Waals surface area (Å²) in [5.41, 5.74) is 2.21. The van der Waals surface area contributed by atoms with E-state index in [2.05, 4.69) is 47.9 Å². The highest BCUT2D eigenvalue weighted by molar-refractivity contribution is 7.91. The van der Waals surface area contributed by atoms with Crippen LogP contribution in [0, 0.1) is 11.3 Å². The van der Waals surface area contributed by atoms with Crippen LogP contribution in [0.25, 0.3) is 0 Å². The maximum atomic E-state index is 13.5. The number of amides is 2. The maximum Gasteiger partial charge on any atom is 0.320 e. The lowest BCUT2D eigenvalue weighted by atomic mass is 9.73. The van der Waals surface area contributed by atoms with Crippen LogP contribution in [0.15, 0.2) is 24.3 Å². The van der Waals surface area contributed by atoms with Gasteiger partial charge in [-0.25, -0.2) is 21.6 Å². The van der Waals surface area contributed by atoms with Gasteiger partial charge in [0.05, 0.1) is 23.8 Å². The Morgan fingerprint density at radius 1 is 0.865 bits per heavy atom. The molecule has 5 aliphatic rings. The molecule has 5 fully saturated rings. The predicted octanol–water partition coefficient (Wildman–Crippen LogP) is 1.16. The number of benzene rings is 1. The van der Waals surface area contributed by atoms with E-state index in [1.807, 2.05) is 4.90 Å². The van der Waals surface area contributed by atoms with Gasteiger partial charge in [0.15, 0.2) is 9.84 Å². The second-order valence-electron chi connectivity index (χ2n) is 11.7. The van der Waals surface area contributed by atoms with E-state index >= 15 is 0 Å². The van der Waals surface area contributed by atoms with Gasteiger partial charge in [-0.1, -0.05) is 13.8 Å². The zero-order valence-corrected chi connectivity index (χ0v) is 23.7. The van der Waals surface area contributed by atoms with Crippen LogP contribution in [-0.2, 0) is 19.9 Å². The van der Waals surface area contributed by atoms with Crippen LogP contribution in [0.4, 0.5) is 16.2 Å². The fourth-order valence-electron chi connectivity index (χ4n) is 6.51. The summed E-state index contributed by atoms with van der Waals surface area (Å²) in [5, 5.41) is 0. The largest absolute Gasteiger partial charge is 0.369 e. The molecule has 37 heavy (non-hydrogen) atoms. The van der Waals surface area contributed by atoms with E-state index in [0.29, 0.717) is 58.3 Å². The van der Waals surface area contributed by atoms with Crippen LogP contribution in [0.1, 0.15) is 20.3 Å². The van der Waals surface area contributed by atoms with Gasteiger partial charge in [0.2, 0.25) is 10.0 Å². The lowest BCUT2D eigenvalue weighted by molar-refractivity contribution is 0.132. The third kappa shape index (κ3) is 5.56. The SMILES string of the molecule is CC1(C)C[C@@H]2CN(C(=O)N3CCN(S(C)(=O)=O)CC3)C[C@H]1N(c1ccc(N3CCS(=O)(=O)CC3)cc1)C2. The zero-order chi connectivity index (χ0) is 26.6. The fourth-order valence-corrected chi connectivity index (χ4v) is 8.54. The molecule has 0 saturated carbocycles. The average molecular weight is 554 g/mol. The third-order valence-corrected chi connectivity index (χ3v) is 11.5. The first-order chi connectivity index (χ1) is 17.3. The van der Waals surface area contributed by atoms with Gasteiger partial charge in [-0.2, -0.15) is 4.31 Å². The standard InChI is InChI=1S/C25H39N5O5S2/c1-25(2)16-20-17-28(24(31)27-8-10-29(11-9-27)36(3,32)33)19-23(25)30(18-20)22-6-4-21(5-7-22)26-12-14-37(34,35)15-13-26/h4-7,20,23H,8-19H2,1-3H3/t20-,23-/m1/s1. The van der Waals surface area contributed by atoms with E-state index in [1.54, 1.807) is 4.90 Å². The molecular weight excluding hydrogens is 514 g/mol. The number of nitrogens with zero attached hydrogens (tertiary/aromatic N) is 5. The summed E-state index contributed by atoms with van der Waals surface area (Å²) >= 11 is 0. The number of hydrogen-bond donors (Lipinski definition) is 0. The summed E-state index contributed by atoms with van der Waals surface area (Å²) in [6.07, 6.45) is 2.28. The van der Waals surface area contributed by atoms with Crippen molar-refractivity contribution >= 4 is 37.3 Å². The summed E-state index contributed by atoms with van der Waals surface area (Å²) in [6, 6.07) is 8.61. The minimum atomic E-state index is -3.24. The van der Waals surface area contributed by atoms with Crippen molar-refractivity contribution < 1.29 is 21.6 Å². The zero-order valence-electron chi connectivity index (χ0n) is 22.0. The predicted molar refractivity (Wildman–Crippen MR) is 145 cm³/mol. The normalized spacial score (nSPS) is 28.3. The number of hydrogen-bond acceptors (Lipinski definition) is 7. The molecule has 2 atom stereocenters. The molecule has 6 rings (SSSR count). The Kier molecular flexibility index (Phi) is 6.89. The molecule has 5 aliphatic heterocycles. The van der Waals surface area contributed by atoms with Crippen molar-refractivity contribution in [3.05, 3.63) is 24.3 Å². The number of sulfonamides is 1. The van der Waals surface area contributed by atoms with Crippen molar-refractivity contribution in [1.29, 1.82) is 0 Å². The molecule has 5 heterocycles. The van der Waals surface area contributed by atoms with Crippen molar-refractivity contribution in [2.24, 2.45) is 11.3 Å². The van der Waals surface area contributed by atoms with Gasteiger partial charge >= 0.3 is 6.03 Å². The minimum absolute atomic E-state index is 0.0121. The molecule has 0 aromatic heterocycles. The summed E-state index contributed by atoms with van der Waals surface area (Å²) in [7, 11) is -6.15.